The van der Waals surface area contributed by atoms with Crippen LogP contribution in [-0.2, 0) is 0 Å². The molecule has 2 aromatic rings. The Hall–Kier alpha value is -2.63. The van der Waals surface area contributed by atoms with E-state index < -0.39 is 11.8 Å². The highest BCUT2D eigenvalue weighted by Crippen LogP contribution is 2.28. The lowest BCUT2D eigenvalue weighted by molar-refractivity contribution is 0.0697. The number of carboxylic acids is 1. The fourth-order valence-corrected chi connectivity index (χ4v) is 1.94. The Balaban J connectivity index is 2.55. The summed E-state index contributed by atoms with van der Waals surface area (Å²) in [6, 6.07) is 7.24. The first-order chi connectivity index (χ1) is 9.52. The van der Waals surface area contributed by atoms with Gasteiger partial charge in [-0.2, -0.15) is 0 Å². The van der Waals surface area contributed by atoms with Gasteiger partial charge < -0.3 is 15.7 Å². The molecule has 0 saturated heterocycles. The zero-order valence-corrected chi connectivity index (χ0v) is 10.9. The number of anilines is 3. The smallest absolute Gasteiger partial charge is 0.339 e. The highest BCUT2D eigenvalue weighted by Gasteiger charge is 2.18. The molecule has 5 nitrogen and oxygen atoms in total. The van der Waals surface area contributed by atoms with E-state index in [0.717, 1.165) is 0 Å². The SMILES string of the molecule is CCN(c1cccc(F)c1)c1ncc(N)cc1C(=O)O. The van der Waals surface area contributed by atoms with Gasteiger partial charge in [0.25, 0.3) is 0 Å². The molecule has 1 aromatic heterocycles. The van der Waals surface area contributed by atoms with Gasteiger partial charge in [-0.05, 0) is 31.2 Å². The Morgan fingerprint density at radius 3 is 2.80 bits per heavy atom. The van der Waals surface area contributed by atoms with E-state index in [0.29, 0.717) is 12.2 Å². The predicted molar refractivity (Wildman–Crippen MR) is 74.7 cm³/mol. The van der Waals surface area contributed by atoms with Gasteiger partial charge in [-0.25, -0.2) is 14.2 Å². The molecular formula is C14H14FN3O2. The van der Waals surface area contributed by atoms with E-state index in [1.807, 2.05) is 6.92 Å². The molecule has 0 saturated carbocycles. The van der Waals surface area contributed by atoms with Gasteiger partial charge >= 0.3 is 5.97 Å². The van der Waals surface area contributed by atoms with Crippen LogP contribution in [0.3, 0.4) is 0 Å². The van der Waals surface area contributed by atoms with Gasteiger partial charge in [-0.3, -0.25) is 0 Å². The molecule has 1 heterocycles. The zero-order valence-electron chi connectivity index (χ0n) is 10.9. The molecule has 0 radical (unpaired) electrons. The second kappa shape index (κ2) is 5.56. The third kappa shape index (κ3) is 2.69. The summed E-state index contributed by atoms with van der Waals surface area (Å²) in [4.78, 5) is 17.0. The second-order valence-corrected chi connectivity index (χ2v) is 4.17. The van der Waals surface area contributed by atoms with E-state index in [-0.39, 0.29) is 17.1 Å². The molecule has 0 spiro atoms. The van der Waals surface area contributed by atoms with Crippen LogP contribution in [0.2, 0.25) is 0 Å². The number of nitrogens with zero attached hydrogens (tertiary/aromatic N) is 2. The van der Waals surface area contributed by atoms with Crippen LogP contribution >= 0.6 is 0 Å². The minimum Gasteiger partial charge on any atom is -0.478 e. The lowest BCUT2D eigenvalue weighted by Crippen LogP contribution is -2.21. The van der Waals surface area contributed by atoms with Crippen molar-refractivity contribution in [1.82, 2.24) is 4.98 Å². The molecule has 0 unspecified atom stereocenters. The van der Waals surface area contributed by atoms with E-state index in [1.165, 1.54) is 24.4 Å². The molecule has 0 aliphatic carbocycles. The molecule has 1 aromatic carbocycles. The highest BCUT2D eigenvalue weighted by molar-refractivity contribution is 5.95. The average Bonchev–Trinajstić information content (AvgIpc) is 2.41. The van der Waals surface area contributed by atoms with E-state index in [4.69, 9.17) is 5.73 Å². The lowest BCUT2D eigenvalue weighted by atomic mass is 10.2. The third-order valence-electron chi connectivity index (χ3n) is 2.81. The summed E-state index contributed by atoms with van der Waals surface area (Å²) in [5, 5.41) is 9.24. The fourth-order valence-electron chi connectivity index (χ4n) is 1.94. The summed E-state index contributed by atoms with van der Waals surface area (Å²) in [7, 11) is 0. The average molecular weight is 275 g/mol. The van der Waals surface area contributed by atoms with Crippen LogP contribution in [0.4, 0.5) is 21.6 Å². The monoisotopic (exact) mass is 275 g/mol. The van der Waals surface area contributed by atoms with E-state index >= 15 is 0 Å². The van der Waals surface area contributed by atoms with Gasteiger partial charge in [0.15, 0.2) is 0 Å². The summed E-state index contributed by atoms with van der Waals surface area (Å²) >= 11 is 0. The van der Waals surface area contributed by atoms with Crippen molar-refractivity contribution >= 4 is 23.2 Å². The van der Waals surface area contributed by atoms with Gasteiger partial charge in [-0.15, -0.1) is 0 Å². The maximum Gasteiger partial charge on any atom is 0.339 e. The zero-order chi connectivity index (χ0) is 14.7. The van der Waals surface area contributed by atoms with Crippen molar-refractivity contribution in [3.8, 4) is 0 Å². The first kappa shape index (κ1) is 13.8. The predicted octanol–water partition coefficient (Wildman–Crippen LogP) is 2.66. The van der Waals surface area contributed by atoms with Gasteiger partial charge in [-0.1, -0.05) is 6.07 Å². The quantitative estimate of drug-likeness (QED) is 0.896. The van der Waals surface area contributed by atoms with E-state index in [2.05, 4.69) is 4.98 Å². The van der Waals surface area contributed by atoms with Crippen molar-refractivity contribution in [2.75, 3.05) is 17.2 Å². The van der Waals surface area contributed by atoms with Gasteiger partial charge in [0.05, 0.1) is 11.9 Å². The standard InChI is InChI=1S/C14H14FN3O2/c1-2-18(11-5-3-4-9(15)6-11)13-12(14(19)20)7-10(16)8-17-13/h3-8H,2,16H2,1H3,(H,19,20). The van der Waals surface area contributed by atoms with E-state index in [1.54, 1.807) is 17.0 Å². The molecule has 0 fully saturated rings. The third-order valence-corrected chi connectivity index (χ3v) is 2.81. The number of nitrogens with two attached hydrogens (primary N) is 1. The number of hydrogen-bond donors (Lipinski definition) is 2. The topological polar surface area (TPSA) is 79.5 Å². The second-order valence-electron chi connectivity index (χ2n) is 4.17. The number of benzene rings is 1. The molecule has 0 aliphatic rings. The van der Waals surface area contributed by atoms with E-state index in [9.17, 15) is 14.3 Å². The fraction of sp³-hybridized carbons (Fsp3) is 0.143. The number of aromatic carboxylic acids is 1. The van der Waals surface area contributed by atoms with Crippen molar-refractivity contribution < 1.29 is 14.3 Å². The lowest BCUT2D eigenvalue weighted by Gasteiger charge is -2.23. The molecule has 2 rings (SSSR count). The van der Waals surface area contributed by atoms with Crippen LogP contribution in [0.25, 0.3) is 0 Å². The molecule has 0 bridgehead atoms. The van der Waals surface area contributed by atoms with Gasteiger partial charge in [0.2, 0.25) is 0 Å². The van der Waals surface area contributed by atoms with Crippen molar-refractivity contribution in [1.29, 1.82) is 0 Å². The molecule has 6 heteroatoms. The first-order valence-electron chi connectivity index (χ1n) is 6.05. The molecular weight excluding hydrogens is 261 g/mol. The molecule has 3 N–H and O–H groups in total. The van der Waals surface area contributed by atoms with Crippen LogP contribution in [0.5, 0.6) is 0 Å². The maximum absolute atomic E-state index is 13.3. The molecule has 20 heavy (non-hydrogen) atoms. The first-order valence-corrected chi connectivity index (χ1v) is 6.05. The number of rotatable bonds is 4. The summed E-state index contributed by atoms with van der Waals surface area (Å²) in [6.45, 7) is 2.27. The highest BCUT2D eigenvalue weighted by atomic mass is 19.1. The Morgan fingerprint density at radius 1 is 1.45 bits per heavy atom. The number of halogens is 1. The molecule has 0 atom stereocenters. The summed E-state index contributed by atoms with van der Waals surface area (Å²) in [5.41, 5.74) is 6.35. The van der Waals surface area contributed by atoms with Crippen LogP contribution in [0.1, 0.15) is 17.3 Å². The van der Waals surface area contributed by atoms with Crippen molar-refractivity contribution in [3.05, 3.63) is 47.9 Å². The largest absolute Gasteiger partial charge is 0.478 e. The van der Waals surface area contributed by atoms with Gasteiger partial charge in [0.1, 0.15) is 17.2 Å². The van der Waals surface area contributed by atoms with Crippen LogP contribution in [0, 0.1) is 5.82 Å². The molecule has 104 valence electrons. The normalized spacial score (nSPS) is 10.3. The Bertz CT molecular complexity index is 646. The number of carbonyl (C=O) groups is 1. The Morgan fingerprint density at radius 2 is 2.20 bits per heavy atom. The minimum atomic E-state index is -1.13. The number of hydrogen-bond acceptors (Lipinski definition) is 4. The van der Waals surface area contributed by atoms with Crippen molar-refractivity contribution in [2.45, 2.75) is 6.92 Å². The summed E-state index contributed by atoms with van der Waals surface area (Å²) in [5.74, 6) is -1.29. The number of pyridine rings is 1. The van der Waals surface area contributed by atoms with Gasteiger partial charge in [0, 0.05) is 12.2 Å². The van der Waals surface area contributed by atoms with Crippen LogP contribution in [-0.4, -0.2) is 22.6 Å². The minimum absolute atomic E-state index is 0.0175. The summed E-state index contributed by atoms with van der Waals surface area (Å²) < 4.78 is 13.3. The van der Waals surface area contributed by atoms with Crippen LogP contribution in [0.15, 0.2) is 36.5 Å². The van der Waals surface area contributed by atoms with Crippen molar-refractivity contribution in [3.63, 3.8) is 0 Å². The Kier molecular flexibility index (Phi) is 3.84. The number of aromatic nitrogens is 1. The molecule has 0 amide bonds. The maximum atomic E-state index is 13.3. The number of nitrogen functional groups attached to an aromatic ring is 1. The summed E-state index contributed by atoms with van der Waals surface area (Å²) in [6.07, 6.45) is 1.38. The van der Waals surface area contributed by atoms with Crippen molar-refractivity contribution in [2.24, 2.45) is 0 Å². The van der Waals surface area contributed by atoms with Crippen LogP contribution < -0.4 is 10.6 Å². The molecule has 0 aliphatic heterocycles. The number of carboxylic acid groups (broad SMARTS) is 1. The Labute approximate surface area is 115 Å².